The zero-order valence-electron chi connectivity index (χ0n) is 13.6. The molecule has 0 saturated carbocycles. The molecule has 2 aromatic rings. The first-order chi connectivity index (χ1) is 11.4. The number of nitrogens with one attached hydrogen (secondary N) is 1. The molecular weight excluding hydrogens is 344 g/mol. The van der Waals surface area contributed by atoms with Gasteiger partial charge in [-0.15, -0.1) is 11.8 Å². The highest BCUT2D eigenvalue weighted by Gasteiger charge is 2.09. The van der Waals surface area contributed by atoms with Gasteiger partial charge in [-0.3, -0.25) is 9.59 Å². The van der Waals surface area contributed by atoms with Crippen LogP contribution in [0.15, 0.2) is 41.3 Å². The van der Waals surface area contributed by atoms with E-state index in [1.807, 2.05) is 0 Å². The molecule has 0 aliphatic rings. The number of nitrogens with two attached hydrogens (primary N) is 1. The predicted octanol–water partition coefficient (Wildman–Crippen LogP) is 4.18. The fourth-order valence-electron chi connectivity index (χ4n) is 2.08. The number of rotatable bonds is 6. The largest absolute Gasteiger partial charge is 0.366 e. The monoisotopic (exact) mass is 362 g/mol. The molecule has 0 aliphatic heterocycles. The van der Waals surface area contributed by atoms with Crippen LogP contribution in [0.1, 0.15) is 27.9 Å². The van der Waals surface area contributed by atoms with Crippen molar-refractivity contribution in [3.8, 4) is 0 Å². The second-order valence-corrected chi connectivity index (χ2v) is 7.03. The van der Waals surface area contributed by atoms with Crippen LogP contribution in [-0.2, 0) is 4.79 Å². The number of aryl methyl sites for hydroxylation is 2. The third-order valence-electron chi connectivity index (χ3n) is 3.59. The molecule has 126 valence electrons. The lowest BCUT2D eigenvalue weighted by molar-refractivity contribution is -0.115. The lowest BCUT2D eigenvalue weighted by atomic mass is 10.1. The number of anilines is 1. The molecule has 0 aromatic heterocycles. The summed E-state index contributed by atoms with van der Waals surface area (Å²) in [7, 11) is 0. The van der Waals surface area contributed by atoms with Gasteiger partial charge in [0.2, 0.25) is 11.8 Å². The molecule has 0 fully saturated rings. The van der Waals surface area contributed by atoms with Crippen LogP contribution in [-0.4, -0.2) is 17.6 Å². The predicted molar refractivity (Wildman–Crippen MR) is 99.9 cm³/mol. The summed E-state index contributed by atoms with van der Waals surface area (Å²) in [6.07, 6.45) is 0.382. The molecule has 0 atom stereocenters. The van der Waals surface area contributed by atoms with Gasteiger partial charge in [-0.1, -0.05) is 17.7 Å². The Balaban J connectivity index is 1.86. The van der Waals surface area contributed by atoms with Gasteiger partial charge in [-0.25, -0.2) is 0 Å². The van der Waals surface area contributed by atoms with Gasteiger partial charge in [0.05, 0.1) is 10.6 Å². The highest BCUT2D eigenvalue weighted by Crippen LogP contribution is 2.23. The van der Waals surface area contributed by atoms with E-state index in [4.69, 9.17) is 17.3 Å². The van der Waals surface area contributed by atoms with Gasteiger partial charge in [0.25, 0.3) is 0 Å². The average Bonchev–Trinajstić information content (AvgIpc) is 2.50. The molecule has 4 nitrogen and oxygen atoms in total. The molecule has 0 saturated heterocycles. The van der Waals surface area contributed by atoms with Crippen molar-refractivity contribution in [2.75, 3.05) is 11.1 Å². The van der Waals surface area contributed by atoms with Crippen molar-refractivity contribution in [3.05, 3.63) is 58.1 Å². The van der Waals surface area contributed by atoms with Crippen molar-refractivity contribution in [1.82, 2.24) is 0 Å². The minimum absolute atomic E-state index is 0.103. The summed E-state index contributed by atoms with van der Waals surface area (Å²) < 4.78 is 0. The first-order valence-electron chi connectivity index (χ1n) is 7.46. The van der Waals surface area contributed by atoms with Crippen molar-refractivity contribution in [3.63, 3.8) is 0 Å². The molecular formula is C18H19ClN2O2S. The third-order valence-corrected chi connectivity index (χ3v) is 4.90. The fourth-order valence-corrected chi connectivity index (χ4v) is 3.30. The molecule has 2 aromatic carbocycles. The van der Waals surface area contributed by atoms with Crippen molar-refractivity contribution < 1.29 is 9.59 Å². The van der Waals surface area contributed by atoms with Gasteiger partial charge in [0.15, 0.2) is 0 Å². The number of halogens is 1. The van der Waals surface area contributed by atoms with Crippen LogP contribution < -0.4 is 11.1 Å². The van der Waals surface area contributed by atoms with E-state index >= 15 is 0 Å². The molecule has 3 N–H and O–H groups in total. The number of hydrogen-bond donors (Lipinski definition) is 2. The maximum Gasteiger partial charge on any atom is 0.250 e. The van der Waals surface area contributed by atoms with Crippen LogP contribution in [0.3, 0.4) is 0 Å². The van der Waals surface area contributed by atoms with E-state index in [-0.39, 0.29) is 16.5 Å². The van der Waals surface area contributed by atoms with E-state index in [1.54, 1.807) is 17.8 Å². The minimum Gasteiger partial charge on any atom is -0.366 e. The first-order valence-corrected chi connectivity index (χ1v) is 8.82. The molecule has 0 unspecified atom stereocenters. The maximum atomic E-state index is 12.0. The Labute approximate surface area is 150 Å². The third kappa shape index (κ3) is 5.01. The SMILES string of the molecule is Cc1ccc(SCCC(=O)Nc2ccc(C(N)=O)c(Cl)c2)cc1C. The normalized spacial score (nSPS) is 10.5. The molecule has 0 bridgehead atoms. The summed E-state index contributed by atoms with van der Waals surface area (Å²) in [5.41, 5.74) is 8.48. The smallest absolute Gasteiger partial charge is 0.250 e. The number of carbonyl (C=O) groups excluding carboxylic acids is 2. The second-order valence-electron chi connectivity index (χ2n) is 5.45. The molecule has 0 radical (unpaired) electrons. The Hall–Kier alpha value is -1.98. The molecule has 0 aliphatic carbocycles. The maximum absolute atomic E-state index is 12.0. The summed E-state index contributed by atoms with van der Waals surface area (Å²) >= 11 is 7.61. The Morgan fingerprint density at radius 2 is 1.88 bits per heavy atom. The topological polar surface area (TPSA) is 72.2 Å². The zero-order chi connectivity index (χ0) is 17.7. The standard InChI is InChI=1S/C18H19ClN2O2S/c1-11-3-5-14(9-12(11)2)24-8-7-17(22)21-13-4-6-15(18(20)23)16(19)10-13/h3-6,9-10H,7-8H2,1-2H3,(H2,20,23)(H,21,22). The van der Waals surface area contributed by atoms with Gasteiger partial charge in [-0.05, 0) is 55.3 Å². The first kappa shape index (κ1) is 18.4. The van der Waals surface area contributed by atoms with E-state index in [0.717, 1.165) is 4.90 Å². The Kier molecular flexibility index (Phi) is 6.29. The molecule has 6 heteroatoms. The summed E-state index contributed by atoms with van der Waals surface area (Å²) in [4.78, 5) is 24.3. The van der Waals surface area contributed by atoms with E-state index in [9.17, 15) is 9.59 Å². The summed E-state index contributed by atoms with van der Waals surface area (Å²) in [6, 6.07) is 10.9. The number of hydrogen-bond acceptors (Lipinski definition) is 3. The minimum atomic E-state index is -0.595. The Morgan fingerprint density at radius 3 is 2.50 bits per heavy atom. The lowest BCUT2D eigenvalue weighted by Crippen LogP contribution is -2.14. The molecule has 0 spiro atoms. The lowest BCUT2D eigenvalue weighted by Gasteiger charge is -2.08. The van der Waals surface area contributed by atoms with Gasteiger partial charge in [0.1, 0.15) is 0 Å². The van der Waals surface area contributed by atoms with Crippen molar-refractivity contribution in [2.24, 2.45) is 5.73 Å². The molecule has 24 heavy (non-hydrogen) atoms. The summed E-state index contributed by atoms with van der Waals surface area (Å²) in [5, 5.41) is 2.99. The van der Waals surface area contributed by atoms with E-state index in [0.29, 0.717) is 17.9 Å². The Morgan fingerprint density at radius 1 is 1.12 bits per heavy atom. The fraction of sp³-hybridized carbons (Fsp3) is 0.222. The molecule has 0 heterocycles. The van der Waals surface area contributed by atoms with Crippen LogP contribution in [0, 0.1) is 13.8 Å². The number of benzene rings is 2. The van der Waals surface area contributed by atoms with Crippen LogP contribution in [0.4, 0.5) is 5.69 Å². The van der Waals surface area contributed by atoms with Crippen molar-refractivity contribution in [1.29, 1.82) is 0 Å². The van der Waals surface area contributed by atoms with E-state index in [2.05, 4.69) is 37.4 Å². The van der Waals surface area contributed by atoms with Crippen LogP contribution in [0.2, 0.25) is 5.02 Å². The Bertz CT molecular complexity index is 778. The zero-order valence-corrected chi connectivity index (χ0v) is 15.1. The second kappa shape index (κ2) is 8.22. The van der Waals surface area contributed by atoms with Gasteiger partial charge in [-0.2, -0.15) is 0 Å². The highest BCUT2D eigenvalue weighted by molar-refractivity contribution is 7.99. The van der Waals surface area contributed by atoms with Crippen LogP contribution >= 0.6 is 23.4 Å². The number of carbonyl (C=O) groups is 2. The van der Waals surface area contributed by atoms with Gasteiger partial charge in [0, 0.05) is 22.8 Å². The van der Waals surface area contributed by atoms with Crippen molar-refractivity contribution >= 4 is 40.9 Å². The van der Waals surface area contributed by atoms with Gasteiger partial charge >= 0.3 is 0 Å². The van der Waals surface area contributed by atoms with Crippen LogP contribution in [0.5, 0.6) is 0 Å². The van der Waals surface area contributed by atoms with Gasteiger partial charge < -0.3 is 11.1 Å². The summed E-state index contributed by atoms with van der Waals surface area (Å²) in [5.74, 6) is -0.0153. The average molecular weight is 363 g/mol. The number of thioether (sulfide) groups is 1. The quantitative estimate of drug-likeness (QED) is 0.757. The number of amides is 2. The van der Waals surface area contributed by atoms with Crippen LogP contribution in [0.25, 0.3) is 0 Å². The highest BCUT2D eigenvalue weighted by atomic mass is 35.5. The van der Waals surface area contributed by atoms with E-state index < -0.39 is 5.91 Å². The summed E-state index contributed by atoms with van der Waals surface area (Å²) in [6.45, 7) is 4.15. The number of primary amides is 1. The molecule has 2 rings (SSSR count). The van der Waals surface area contributed by atoms with E-state index in [1.165, 1.54) is 23.3 Å². The molecule has 2 amide bonds. The van der Waals surface area contributed by atoms with Crippen molar-refractivity contribution in [2.45, 2.75) is 25.2 Å².